The first-order valence-electron chi connectivity index (χ1n) is 15.0. The van der Waals surface area contributed by atoms with Crippen molar-refractivity contribution in [1.29, 1.82) is 0 Å². The van der Waals surface area contributed by atoms with Gasteiger partial charge in [0.15, 0.2) is 0 Å². The predicted molar refractivity (Wildman–Crippen MR) is 195 cm³/mol. The highest BCUT2D eigenvalue weighted by Gasteiger charge is 2.24. The number of halogens is 2. The number of hydrogen-bond acceptors (Lipinski definition) is 2. The van der Waals surface area contributed by atoms with Crippen molar-refractivity contribution < 1.29 is 0 Å². The smallest absolute Gasteiger partial charge is 0.0833 e. The van der Waals surface area contributed by atoms with Crippen LogP contribution in [0.3, 0.4) is 0 Å². The molecule has 0 N–H and O–H groups in total. The average molecular weight is 635 g/mol. The third-order valence-corrected chi connectivity index (χ3v) is 9.97. The second kappa shape index (κ2) is 11.7. The minimum Gasteiger partial charge on any atom is -0.307 e. The molecule has 5 aromatic carbocycles. The van der Waals surface area contributed by atoms with Gasteiger partial charge in [-0.1, -0.05) is 138 Å². The summed E-state index contributed by atoms with van der Waals surface area (Å²) in [5.74, 6) is 0. The molecule has 0 aliphatic rings. The molecule has 0 amide bonds. The molecule has 1 heterocycles. The van der Waals surface area contributed by atoms with Crippen molar-refractivity contribution in [3.8, 4) is 22.3 Å². The van der Waals surface area contributed by atoms with E-state index >= 15 is 0 Å². The SMILES string of the molecule is CC(C)(C)c1ccc(N(c2cc(-c3ccc(-c4ccccc4)cc3)cc(Cl)c2Cl)c2csc3ccc(C(C)(C)C)cc23)cc1. The first kappa shape index (κ1) is 30.5. The van der Waals surface area contributed by atoms with Crippen LogP contribution in [0.1, 0.15) is 52.7 Å². The lowest BCUT2D eigenvalue weighted by atomic mass is 9.86. The van der Waals surface area contributed by atoms with Crippen LogP contribution in [0, 0.1) is 0 Å². The van der Waals surface area contributed by atoms with E-state index in [1.165, 1.54) is 32.3 Å². The Bertz CT molecular complexity index is 1920. The first-order chi connectivity index (χ1) is 20.9. The van der Waals surface area contributed by atoms with Gasteiger partial charge in [0, 0.05) is 21.2 Å². The molecule has 222 valence electrons. The number of anilines is 3. The Morgan fingerprint density at radius 1 is 0.545 bits per heavy atom. The Labute approximate surface area is 275 Å². The molecule has 0 bridgehead atoms. The molecule has 44 heavy (non-hydrogen) atoms. The Kier molecular flexibility index (Phi) is 8.13. The molecule has 0 unspecified atom stereocenters. The summed E-state index contributed by atoms with van der Waals surface area (Å²) >= 11 is 15.8. The number of benzene rings is 5. The van der Waals surface area contributed by atoms with Gasteiger partial charge in [0.2, 0.25) is 0 Å². The largest absolute Gasteiger partial charge is 0.307 e. The lowest BCUT2D eigenvalue weighted by Gasteiger charge is -2.28. The van der Waals surface area contributed by atoms with E-state index < -0.39 is 0 Å². The van der Waals surface area contributed by atoms with Crippen LogP contribution in [0.5, 0.6) is 0 Å². The van der Waals surface area contributed by atoms with Gasteiger partial charge in [0.25, 0.3) is 0 Å². The maximum absolute atomic E-state index is 7.11. The zero-order chi connectivity index (χ0) is 31.2. The fourth-order valence-electron chi connectivity index (χ4n) is 5.56. The Morgan fingerprint density at radius 2 is 1.11 bits per heavy atom. The lowest BCUT2D eigenvalue weighted by Crippen LogP contribution is -2.14. The summed E-state index contributed by atoms with van der Waals surface area (Å²) in [4.78, 5) is 2.27. The lowest BCUT2D eigenvalue weighted by molar-refractivity contribution is 0.590. The summed E-state index contributed by atoms with van der Waals surface area (Å²) in [5.41, 5.74) is 10.1. The van der Waals surface area contributed by atoms with Crippen molar-refractivity contribution >= 4 is 61.7 Å². The van der Waals surface area contributed by atoms with Gasteiger partial charge in [-0.2, -0.15) is 0 Å². The molecule has 0 atom stereocenters. The highest BCUT2D eigenvalue weighted by molar-refractivity contribution is 7.17. The number of fused-ring (bicyclic) bond motifs is 1. The summed E-state index contributed by atoms with van der Waals surface area (Å²) in [7, 11) is 0. The molecular weight excluding hydrogens is 597 g/mol. The van der Waals surface area contributed by atoms with Gasteiger partial charge in [0.1, 0.15) is 0 Å². The number of nitrogens with zero attached hydrogens (tertiary/aromatic N) is 1. The van der Waals surface area contributed by atoms with Gasteiger partial charge in [0.05, 0.1) is 21.4 Å². The molecule has 0 aliphatic heterocycles. The quantitative estimate of drug-likeness (QED) is 0.182. The van der Waals surface area contributed by atoms with Crippen molar-refractivity contribution in [1.82, 2.24) is 0 Å². The highest BCUT2D eigenvalue weighted by Crippen LogP contribution is 2.48. The summed E-state index contributed by atoms with van der Waals surface area (Å²) in [6.07, 6.45) is 0. The molecule has 4 heteroatoms. The molecule has 0 radical (unpaired) electrons. The van der Waals surface area contributed by atoms with Gasteiger partial charge in [-0.3, -0.25) is 0 Å². The molecule has 0 aliphatic carbocycles. The van der Waals surface area contributed by atoms with E-state index in [4.69, 9.17) is 23.2 Å². The summed E-state index contributed by atoms with van der Waals surface area (Å²) in [6, 6.07) is 38.9. The fraction of sp³-hybridized carbons (Fsp3) is 0.200. The van der Waals surface area contributed by atoms with Gasteiger partial charge in [-0.25, -0.2) is 0 Å². The van der Waals surface area contributed by atoms with E-state index in [-0.39, 0.29) is 10.8 Å². The maximum atomic E-state index is 7.11. The summed E-state index contributed by atoms with van der Waals surface area (Å²) < 4.78 is 1.24. The first-order valence-corrected chi connectivity index (χ1v) is 16.6. The van der Waals surface area contributed by atoms with Gasteiger partial charge in [-0.15, -0.1) is 11.3 Å². The fourth-order valence-corrected chi connectivity index (χ4v) is 6.88. The van der Waals surface area contributed by atoms with Crippen molar-refractivity contribution in [2.24, 2.45) is 0 Å². The highest BCUT2D eigenvalue weighted by atomic mass is 35.5. The molecule has 0 saturated heterocycles. The maximum Gasteiger partial charge on any atom is 0.0833 e. The van der Waals surface area contributed by atoms with E-state index in [2.05, 4.69) is 149 Å². The van der Waals surface area contributed by atoms with Crippen LogP contribution in [0.2, 0.25) is 10.0 Å². The van der Waals surface area contributed by atoms with Gasteiger partial charge >= 0.3 is 0 Å². The van der Waals surface area contributed by atoms with E-state index in [1.807, 2.05) is 12.1 Å². The topological polar surface area (TPSA) is 3.24 Å². The van der Waals surface area contributed by atoms with Crippen LogP contribution in [0.25, 0.3) is 32.3 Å². The molecule has 0 fully saturated rings. The van der Waals surface area contributed by atoms with Crippen LogP contribution in [0.4, 0.5) is 17.1 Å². The van der Waals surface area contributed by atoms with Crippen LogP contribution in [-0.2, 0) is 10.8 Å². The second-order valence-electron chi connectivity index (χ2n) is 13.4. The third kappa shape index (κ3) is 6.04. The Hall–Kier alpha value is -3.56. The summed E-state index contributed by atoms with van der Waals surface area (Å²) in [6.45, 7) is 13.5. The van der Waals surface area contributed by atoms with Crippen LogP contribution >= 0.6 is 34.5 Å². The second-order valence-corrected chi connectivity index (χ2v) is 15.1. The normalized spacial score (nSPS) is 12.1. The molecule has 6 rings (SSSR count). The monoisotopic (exact) mass is 633 g/mol. The molecular formula is C40H37Cl2NS. The van der Waals surface area contributed by atoms with E-state index in [0.717, 1.165) is 28.2 Å². The minimum atomic E-state index is 0.0271. The number of rotatable bonds is 5. The van der Waals surface area contributed by atoms with Crippen molar-refractivity contribution in [2.45, 2.75) is 52.4 Å². The third-order valence-electron chi connectivity index (χ3n) is 8.23. The molecule has 1 aromatic heterocycles. The van der Waals surface area contributed by atoms with E-state index in [9.17, 15) is 0 Å². The van der Waals surface area contributed by atoms with Gasteiger partial charge < -0.3 is 4.90 Å². The van der Waals surface area contributed by atoms with Crippen molar-refractivity contribution in [3.63, 3.8) is 0 Å². The standard InChI is InChI=1S/C40H37Cl2NS/c1-39(2,3)30-16-19-32(20-17-30)43(36-25-44-37-21-18-31(24-33(36)37)40(4,5)6)35-23-29(22-34(41)38(35)42)28-14-12-27(13-15-28)26-10-8-7-9-11-26/h7-25H,1-6H3. The summed E-state index contributed by atoms with van der Waals surface area (Å²) in [5, 5.41) is 4.49. The molecule has 6 aromatic rings. The zero-order valence-corrected chi connectivity index (χ0v) is 28.4. The number of hydrogen-bond donors (Lipinski definition) is 0. The van der Waals surface area contributed by atoms with E-state index in [1.54, 1.807) is 11.3 Å². The van der Waals surface area contributed by atoms with Crippen LogP contribution in [-0.4, -0.2) is 0 Å². The Morgan fingerprint density at radius 3 is 1.73 bits per heavy atom. The van der Waals surface area contributed by atoms with Crippen LogP contribution < -0.4 is 4.90 Å². The zero-order valence-electron chi connectivity index (χ0n) is 26.1. The average Bonchev–Trinajstić information content (AvgIpc) is 3.42. The molecule has 1 nitrogen and oxygen atoms in total. The van der Waals surface area contributed by atoms with Crippen LogP contribution in [0.15, 0.2) is 115 Å². The molecule has 0 spiro atoms. The van der Waals surface area contributed by atoms with Gasteiger partial charge in [-0.05, 0) is 80.6 Å². The number of thiophene rings is 1. The predicted octanol–water partition coefficient (Wildman–Crippen LogP) is 13.6. The molecule has 0 saturated carbocycles. The van der Waals surface area contributed by atoms with E-state index in [0.29, 0.717) is 10.0 Å². The Balaban J connectivity index is 1.53. The minimum absolute atomic E-state index is 0.0271. The van der Waals surface area contributed by atoms with Crippen molar-refractivity contribution in [3.05, 3.63) is 136 Å². The van der Waals surface area contributed by atoms with Crippen molar-refractivity contribution in [2.75, 3.05) is 4.90 Å².